The molecule has 6 nitrogen and oxygen atoms in total. The third kappa shape index (κ3) is 5.63. The zero-order valence-corrected chi connectivity index (χ0v) is 17.2. The van der Waals surface area contributed by atoms with Gasteiger partial charge in [-0.1, -0.05) is 6.92 Å². The molecule has 0 spiro atoms. The van der Waals surface area contributed by atoms with E-state index in [1.165, 1.54) is 0 Å². The van der Waals surface area contributed by atoms with E-state index in [1.54, 1.807) is 0 Å². The Morgan fingerprint density at radius 3 is 2.70 bits per heavy atom. The highest BCUT2D eigenvalue weighted by Gasteiger charge is 2.31. The number of likely N-dealkylation sites (tertiary alicyclic amines) is 1. The van der Waals surface area contributed by atoms with Gasteiger partial charge in [0.2, 0.25) is 0 Å². The molecule has 23 heavy (non-hydrogen) atoms. The van der Waals surface area contributed by atoms with Crippen molar-refractivity contribution in [3.05, 3.63) is 18.0 Å². The van der Waals surface area contributed by atoms with Crippen molar-refractivity contribution in [2.75, 3.05) is 19.6 Å². The highest BCUT2D eigenvalue weighted by molar-refractivity contribution is 14.0. The Balaban J connectivity index is 0.00000264. The van der Waals surface area contributed by atoms with Crippen LogP contribution in [0.25, 0.3) is 0 Å². The van der Waals surface area contributed by atoms with Gasteiger partial charge in [-0.2, -0.15) is 5.10 Å². The summed E-state index contributed by atoms with van der Waals surface area (Å²) in [6.45, 7) is 12.7. The Morgan fingerprint density at radius 1 is 1.43 bits per heavy atom. The van der Waals surface area contributed by atoms with Crippen LogP contribution in [0.5, 0.6) is 0 Å². The Kier molecular flexibility index (Phi) is 8.32. The zero-order chi connectivity index (χ0) is 16.1. The maximum atomic E-state index is 4.70. The lowest BCUT2D eigenvalue weighted by molar-refractivity contribution is 0.265. The highest BCUT2D eigenvalue weighted by atomic mass is 127. The maximum absolute atomic E-state index is 4.70. The quantitative estimate of drug-likeness (QED) is 0.422. The second-order valence-electron chi connectivity index (χ2n) is 6.42. The average molecular weight is 434 g/mol. The number of hydrogen-bond acceptors (Lipinski definition) is 3. The first-order chi connectivity index (χ1) is 10.5. The zero-order valence-electron chi connectivity index (χ0n) is 14.9. The van der Waals surface area contributed by atoms with Crippen LogP contribution in [0.15, 0.2) is 17.3 Å². The summed E-state index contributed by atoms with van der Waals surface area (Å²) in [4.78, 5) is 7.22. The van der Waals surface area contributed by atoms with Crippen molar-refractivity contribution in [3.63, 3.8) is 0 Å². The van der Waals surface area contributed by atoms with Crippen molar-refractivity contribution in [1.29, 1.82) is 0 Å². The molecule has 2 N–H and O–H groups in total. The Labute approximate surface area is 157 Å². The van der Waals surface area contributed by atoms with Gasteiger partial charge in [-0.25, -0.2) is 4.99 Å². The van der Waals surface area contributed by atoms with Gasteiger partial charge < -0.3 is 10.6 Å². The minimum absolute atomic E-state index is 0. The second kappa shape index (κ2) is 9.46. The monoisotopic (exact) mass is 434 g/mol. The number of nitrogens with zero attached hydrogens (tertiary/aromatic N) is 4. The van der Waals surface area contributed by atoms with Crippen molar-refractivity contribution >= 4 is 29.9 Å². The first-order valence-electron chi connectivity index (χ1n) is 8.27. The standard InChI is InChI=1S/C16H30N6.HI/c1-6-17-16(18-9-14-7-8-19-21(14)5)20-15-11-22(12(2)3)10-13(15)4;/h7-8,12-13,15H,6,9-11H2,1-5H3,(H2,17,18,20);1H. The Hall–Kier alpha value is -0.830. The fourth-order valence-electron chi connectivity index (χ4n) is 2.83. The van der Waals surface area contributed by atoms with Gasteiger partial charge in [0.25, 0.3) is 0 Å². The minimum atomic E-state index is 0. The van der Waals surface area contributed by atoms with Gasteiger partial charge >= 0.3 is 0 Å². The van der Waals surface area contributed by atoms with E-state index >= 15 is 0 Å². The Bertz CT molecular complexity index is 499. The van der Waals surface area contributed by atoms with Gasteiger partial charge in [0.15, 0.2) is 5.96 Å². The molecule has 2 heterocycles. The van der Waals surface area contributed by atoms with Gasteiger partial charge in [-0.15, -0.1) is 24.0 Å². The smallest absolute Gasteiger partial charge is 0.191 e. The third-order valence-electron chi connectivity index (χ3n) is 4.36. The van der Waals surface area contributed by atoms with Crippen LogP contribution in [0.2, 0.25) is 0 Å². The molecule has 0 aromatic carbocycles. The van der Waals surface area contributed by atoms with E-state index < -0.39 is 0 Å². The summed E-state index contributed by atoms with van der Waals surface area (Å²) in [7, 11) is 1.95. The molecule has 0 amide bonds. The number of aliphatic imine (C=N–C) groups is 1. The fourth-order valence-corrected chi connectivity index (χ4v) is 2.83. The number of hydrogen-bond donors (Lipinski definition) is 2. The van der Waals surface area contributed by atoms with E-state index in [1.807, 2.05) is 24.0 Å². The molecule has 1 aromatic heterocycles. The molecule has 1 fully saturated rings. The molecule has 132 valence electrons. The van der Waals surface area contributed by atoms with E-state index in [0.29, 0.717) is 24.5 Å². The molecule has 0 saturated carbocycles. The second-order valence-corrected chi connectivity index (χ2v) is 6.42. The lowest BCUT2D eigenvalue weighted by Gasteiger charge is -2.21. The molecule has 1 aliphatic heterocycles. The summed E-state index contributed by atoms with van der Waals surface area (Å²) in [6.07, 6.45) is 1.81. The topological polar surface area (TPSA) is 57.5 Å². The van der Waals surface area contributed by atoms with Gasteiger partial charge in [0.05, 0.1) is 12.2 Å². The predicted octanol–water partition coefficient (Wildman–Crippen LogP) is 1.82. The summed E-state index contributed by atoms with van der Waals surface area (Å²) in [5.41, 5.74) is 1.11. The first-order valence-corrected chi connectivity index (χ1v) is 8.27. The first kappa shape index (κ1) is 20.2. The van der Waals surface area contributed by atoms with Gasteiger partial charge in [0, 0.05) is 45.0 Å². The van der Waals surface area contributed by atoms with E-state index in [2.05, 4.69) is 48.3 Å². The molecule has 2 atom stereocenters. The van der Waals surface area contributed by atoms with Crippen LogP contribution in [-0.2, 0) is 13.6 Å². The number of rotatable bonds is 5. The van der Waals surface area contributed by atoms with Crippen LogP contribution in [0.3, 0.4) is 0 Å². The number of aryl methyl sites for hydroxylation is 1. The molecule has 0 radical (unpaired) electrons. The molecule has 2 rings (SSSR count). The Morgan fingerprint density at radius 2 is 2.17 bits per heavy atom. The number of aromatic nitrogens is 2. The summed E-state index contributed by atoms with van der Waals surface area (Å²) in [5.74, 6) is 1.52. The predicted molar refractivity (Wildman–Crippen MR) is 106 cm³/mol. The molecular formula is C16H31IN6. The fraction of sp³-hybridized carbons (Fsp3) is 0.750. The number of guanidine groups is 1. The molecule has 2 unspecified atom stereocenters. The summed E-state index contributed by atoms with van der Waals surface area (Å²) >= 11 is 0. The number of halogens is 1. The van der Waals surface area contributed by atoms with E-state index in [-0.39, 0.29) is 24.0 Å². The maximum Gasteiger partial charge on any atom is 0.191 e. The highest BCUT2D eigenvalue weighted by Crippen LogP contribution is 2.18. The van der Waals surface area contributed by atoms with Crippen LogP contribution < -0.4 is 10.6 Å². The van der Waals surface area contributed by atoms with Gasteiger partial charge in [-0.05, 0) is 32.8 Å². The molecule has 7 heteroatoms. The van der Waals surface area contributed by atoms with E-state index in [9.17, 15) is 0 Å². The lowest BCUT2D eigenvalue weighted by atomic mass is 10.1. The summed E-state index contributed by atoms with van der Waals surface area (Å²) < 4.78 is 1.87. The largest absolute Gasteiger partial charge is 0.357 e. The number of nitrogens with one attached hydrogen (secondary N) is 2. The minimum Gasteiger partial charge on any atom is -0.357 e. The summed E-state index contributed by atoms with van der Waals surface area (Å²) in [6, 6.07) is 3.06. The third-order valence-corrected chi connectivity index (χ3v) is 4.36. The van der Waals surface area contributed by atoms with Crippen LogP contribution >= 0.6 is 24.0 Å². The van der Waals surface area contributed by atoms with Crippen molar-refractivity contribution in [3.8, 4) is 0 Å². The molecule has 1 aliphatic rings. The van der Waals surface area contributed by atoms with Crippen LogP contribution in [0.1, 0.15) is 33.4 Å². The van der Waals surface area contributed by atoms with Crippen molar-refractivity contribution < 1.29 is 0 Å². The van der Waals surface area contributed by atoms with E-state index in [4.69, 9.17) is 4.99 Å². The lowest BCUT2D eigenvalue weighted by Crippen LogP contribution is -2.46. The molecule has 1 saturated heterocycles. The molecule has 1 aromatic rings. The average Bonchev–Trinajstić information content (AvgIpc) is 3.03. The van der Waals surface area contributed by atoms with E-state index in [0.717, 1.165) is 31.3 Å². The van der Waals surface area contributed by atoms with Crippen molar-refractivity contribution in [2.24, 2.45) is 18.0 Å². The van der Waals surface area contributed by atoms with Crippen molar-refractivity contribution in [1.82, 2.24) is 25.3 Å². The van der Waals surface area contributed by atoms with Crippen LogP contribution in [-0.4, -0.2) is 52.4 Å². The van der Waals surface area contributed by atoms with Crippen molar-refractivity contribution in [2.45, 2.75) is 46.3 Å². The van der Waals surface area contributed by atoms with Gasteiger partial charge in [0.1, 0.15) is 0 Å². The molecule has 0 bridgehead atoms. The SMILES string of the molecule is CCNC(=NCc1ccnn1C)NC1CN(C(C)C)CC1C.I. The van der Waals surface area contributed by atoms with Crippen LogP contribution in [0, 0.1) is 5.92 Å². The summed E-state index contributed by atoms with van der Waals surface area (Å²) in [5, 5.41) is 11.1. The molecule has 0 aliphatic carbocycles. The normalized spacial score (nSPS) is 22.3. The van der Waals surface area contributed by atoms with Crippen LogP contribution in [0.4, 0.5) is 0 Å². The molecular weight excluding hydrogens is 403 g/mol. The van der Waals surface area contributed by atoms with Gasteiger partial charge in [-0.3, -0.25) is 9.58 Å².